The maximum absolute atomic E-state index is 13.3. The number of hydrogen-bond acceptors (Lipinski definition) is 6. The summed E-state index contributed by atoms with van der Waals surface area (Å²) < 4.78 is 42.4. The van der Waals surface area contributed by atoms with E-state index in [0.717, 1.165) is 30.5 Å². The van der Waals surface area contributed by atoms with Crippen molar-refractivity contribution in [2.75, 3.05) is 7.11 Å². The van der Waals surface area contributed by atoms with Crippen LogP contribution in [0, 0.1) is 13.8 Å². The number of nitrogens with zero attached hydrogens (tertiary/aromatic N) is 3. The lowest BCUT2D eigenvalue weighted by atomic mass is 9.85. The first-order valence-corrected chi connectivity index (χ1v) is 11.4. The second-order valence-electron chi connectivity index (χ2n) is 7.64. The van der Waals surface area contributed by atoms with Crippen molar-refractivity contribution in [3.8, 4) is 17.2 Å². The molecule has 0 radical (unpaired) electrons. The Balaban J connectivity index is 1.70. The molecule has 0 spiro atoms. The molecule has 1 fully saturated rings. The van der Waals surface area contributed by atoms with Crippen molar-refractivity contribution in [1.29, 1.82) is 0 Å². The molecule has 1 aromatic carbocycles. The molecule has 0 aliphatic heterocycles. The highest BCUT2D eigenvalue weighted by Crippen LogP contribution is 2.39. The zero-order valence-electron chi connectivity index (χ0n) is 17.6. The van der Waals surface area contributed by atoms with Gasteiger partial charge >= 0.3 is 0 Å². The van der Waals surface area contributed by atoms with Crippen molar-refractivity contribution in [3.05, 3.63) is 47.1 Å². The fourth-order valence-corrected chi connectivity index (χ4v) is 5.27. The van der Waals surface area contributed by atoms with Crippen LogP contribution in [0.25, 0.3) is 11.5 Å². The van der Waals surface area contributed by atoms with Crippen LogP contribution in [0.1, 0.15) is 48.0 Å². The number of ether oxygens (including phenoxy) is 1. The van der Waals surface area contributed by atoms with Crippen LogP contribution in [-0.4, -0.2) is 30.3 Å². The topological polar surface area (TPSA) is 99.2 Å². The Hall–Kier alpha value is -2.65. The molecule has 0 bridgehead atoms. The summed E-state index contributed by atoms with van der Waals surface area (Å²) in [6.45, 7) is 3.74. The molecule has 160 valence electrons. The standard InChI is InChI=1S/C21H26N4O4S/c1-13-18(21-24-23-20(29-21)15-9-7-10-15)19(14(2)25(13)3)30(26,27)22-12-16-8-5-6-11-17(16)28-4/h5-6,8,11,15,22H,7,9-10,12H2,1-4H3. The number of nitrogens with one attached hydrogen (secondary N) is 1. The molecule has 1 aliphatic carbocycles. The third-order valence-electron chi connectivity index (χ3n) is 5.95. The molecule has 2 heterocycles. The maximum atomic E-state index is 13.3. The van der Waals surface area contributed by atoms with Gasteiger partial charge in [0.05, 0.1) is 12.7 Å². The molecule has 1 saturated carbocycles. The Morgan fingerprint density at radius 3 is 2.60 bits per heavy atom. The molecule has 0 saturated heterocycles. The second kappa shape index (κ2) is 7.88. The lowest BCUT2D eigenvalue weighted by Crippen LogP contribution is -2.24. The SMILES string of the molecule is COc1ccccc1CNS(=O)(=O)c1c(-c2nnc(C3CCC3)o2)c(C)n(C)c1C. The van der Waals surface area contributed by atoms with Gasteiger partial charge in [0.1, 0.15) is 10.6 Å². The third kappa shape index (κ3) is 3.52. The lowest BCUT2D eigenvalue weighted by Gasteiger charge is -2.20. The number of sulfonamides is 1. The van der Waals surface area contributed by atoms with Crippen LogP contribution >= 0.6 is 0 Å². The normalized spacial score (nSPS) is 14.7. The largest absolute Gasteiger partial charge is 0.496 e. The van der Waals surface area contributed by atoms with Crippen molar-refractivity contribution >= 4 is 10.0 Å². The van der Waals surface area contributed by atoms with Crippen molar-refractivity contribution < 1.29 is 17.6 Å². The molecule has 0 atom stereocenters. The summed E-state index contributed by atoms with van der Waals surface area (Å²) in [6.07, 6.45) is 3.21. The van der Waals surface area contributed by atoms with E-state index in [-0.39, 0.29) is 23.2 Å². The minimum absolute atomic E-state index is 0.107. The molecule has 2 aromatic heterocycles. The van der Waals surface area contributed by atoms with Crippen LogP contribution in [-0.2, 0) is 23.6 Å². The molecule has 1 aliphatic rings. The number of benzene rings is 1. The molecule has 3 aromatic rings. The van der Waals surface area contributed by atoms with Gasteiger partial charge in [-0.25, -0.2) is 13.1 Å². The first-order valence-electron chi connectivity index (χ1n) is 9.94. The number of rotatable bonds is 7. The van der Waals surface area contributed by atoms with E-state index in [1.165, 1.54) is 0 Å². The predicted octanol–water partition coefficient (Wildman–Crippen LogP) is 3.45. The van der Waals surface area contributed by atoms with Gasteiger partial charge in [-0.1, -0.05) is 24.6 Å². The van der Waals surface area contributed by atoms with Gasteiger partial charge in [0, 0.05) is 36.5 Å². The minimum Gasteiger partial charge on any atom is -0.496 e. The summed E-state index contributed by atoms with van der Waals surface area (Å²) in [5.74, 6) is 1.74. The summed E-state index contributed by atoms with van der Waals surface area (Å²) in [6, 6.07) is 7.31. The van der Waals surface area contributed by atoms with E-state index in [0.29, 0.717) is 22.9 Å². The number of aromatic nitrogens is 3. The monoisotopic (exact) mass is 430 g/mol. The third-order valence-corrected chi connectivity index (χ3v) is 7.51. The Bertz CT molecular complexity index is 1180. The number of hydrogen-bond donors (Lipinski definition) is 1. The summed E-state index contributed by atoms with van der Waals surface area (Å²) in [5.41, 5.74) is 2.58. The van der Waals surface area contributed by atoms with Gasteiger partial charge < -0.3 is 13.7 Å². The van der Waals surface area contributed by atoms with Crippen molar-refractivity contribution in [2.24, 2.45) is 7.05 Å². The van der Waals surface area contributed by atoms with Gasteiger partial charge in [-0.15, -0.1) is 10.2 Å². The Morgan fingerprint density at radius 2 is 1.93 bits per heavy atom. The van der Waals surface area contributed by atoms with E-state index < -0.39 is 10.0 Å². The highest BCUT2D eigenvalue weighted by Gasteiger charge is 2.32. The second-order valence-corrected chi connectivity index (χ2v) is 9.35. The van der Waals surface area contributed by atoms with Gasteiger partial charge in [-0.05, 0) is 32.8 Å². The molecule has 1 N–H and O–H groups in total. The zero-order chi connectivity index (χ0) is 21.5. The van der Waals surface area contributed by atoms with Crippen LogP contribution in [0.15, 0.2) is 33.6 Å². The molecular weight excluding hydrogens is 404 g/mol. The highest BCUT2D eigenvalue weighted by atomic mass is 32.2. The molecule has 4 rings (SSSR count). The van der Waals surface area contributed by atoms with Gasteiger partial charge in [0.15, 0.2) is 0 Å². The van der Waals surface area contributed by atoms with E-state index >= 15 is 0 Å². The molecule has 0 unspecified atom stereocenters. The van der Waals surface area contributed by atoms with Crippen molar-refractivity contribution in [3.63, 3.8) is 0 Å². The average Bonchev–Trinajstić information content (AvgIpc) is 3.24. The van der Waals surface area contributed by atoms with Crippen LogP contribution in [0.3, 0.4) is 0 Å². The molecule has 8 nitrogen and oxygen atoms in total. The molecule has 0 amide bonds. The maximum Gasteiger partial charge on any atom is 0.250 e. The Morgan fingerprint density at radius 1 is 1.20 bits per heavy atom. The summed E-state index contributed by atoms with van der Waals surface area (Å²) in [7, 11) is -0.460. The van der Waals surface area contributed by atoms with Crippen LogP contribution in [0.4, 0.5) is 0 Å². The summed E-state index contributed by atoms with van der Waals surface area (Å²) in [5, 5.41) is 8.36. The quantitative estimate of drug-likeness (QED) is 0.616. The Kier molecular flexibility index (Phi) is 5.42. The zero-order valence-corrected chi connectivity index (χ0v) is 18.4. The van der Waals surface area contributed by atoms with E-state index in [1.807, 2.05) is 36.7 Å². The summed E-state index contributed by atoms with van der Waals surface area (Å²) in [4.78, 5) is 0.168. The fraction of sp³-hybridized carbons (Fsp3) is 0.429. The van der Waals surface area contributed by atoms with E-state index in [1.54, 1.807) is 20.1 Å². The first kappa shape index (κ1) is 20.6. The van der Waals surface area contributed by atoms with Gasteiger partial charge in [-0.2, -0.15) is 0 Å². The van der Waals surface area contributed by atoms with Gasteiger partial charge in [-0.3, -0.25) is 0 Å². The predicted molar refractivity (Wildman–Crippen MR) is 112 cm³/mol. The van der Waals surface area contributed by atoms with Crippen LogP contribution in [0.5, 0.6) is 5.75 Å². The molecular formula is C21H26N4O4S. The van der Waals surface area contributed by atoms with E-state index in [4.69, 9.17) is 9.15 Å². The van der Waals surface area contributed by atoms with Crippen LogP contribution in [0.2, 0.25) is 0 Å². The smallest absolute Gasteiger partial charge is 0.250 e. The number of methoxy groups -OCH3 is 1. The average molecular weight is 431 g/mol. The Labute approximate surface area is 176 Å². The number of para-hydroxylation sites is 1. The lowest BCUT2D eigenvalue weighted by molar-refractivity contribution is 0.338. The van der Waals surface area contributed by atoms with Crippen molar-refractivity contribution in [2.45, 2.75) is 50.5 Å². The fourth-order valence-electron chi connectivity index (χ4n) is 3.75. The summed E-state index contributed by atoms with van der Waals surface area (Å²) >= 11 is 0. The molecule has 9 heteroatoms. The minimum atomic E-state index is -3.85. The van der Waals surface area contributed by atoms with Crippen LogP contribution < -0.4 is 9.46 Å². The van der Waals surface area contributed by atoms with E-state index in [9.17, 15) is 8.42 Å². The van der Waals surface area contributed by atoms with E-state index in [2.05, 4.69) is 14.9 Å². The highest BCUT2D eigenvalue weighted by molar-refractivity contribution is 7.89. The molecule has 30 heavy (non-hydrogen) atoms. The van der Waals surface area contributed by atoms with Gasteiger partial charge in [0.2, 0.25) is 15.9 Å². The van der Waals surface area contributed by atoms with Crippen molar-refractivity contribution in [1.82, 2.24) is 19.5 Å². The first-order chi connectivity index (χ1) is 14.3. The van der Waals surface area contributed by atoms with Gasteiger partial charge in [0.25, 0.3) is 5.89 Å².